The predicted octanol–water partition coefficient (Wildman–Crippen LogP) is 4.91. The highest BCUT2D eigenvalue weighted by molar-refractivity contribution is 7.98. The molecular weight excluding hydrogens is 524 g/mol. The van der Waals surface area contributed by atoms with Gasteiger partial charge in [-0.25, -0.2) is 8.78 Å². The molecule has 2 saturated heterocycles. The van der Waals surface area contributed by atoms with Gasteiger partial charge in [-0.15, -0.1) is 0 Å². The van der Waals surface area contributed by atoms with E-state index in [9.17, 15) is 18.8 Å². The molecule has 0 radical (unpaired) electrons. The summed E-state index contributed by atoms with van der Waals surface area (Å²) in [6, 6.07) is 10.9. The number of nitrogens with zero attached hydrogens (tertiary/aromatic N) is 2. The smallest absolute Gasteiger partial charge is 0.259 e. The van der Waals surface area contributed by atoms with Crippen molar-refractivity contribution in [2.75, 3.05) is 32.8 Å². The summed E-state index contributed by atoms with van der Waals surface area (Å²) in [4.78, 5) is 14.9. The SMILES string of the molecule is N#Cc1cc(SNC(=O)C2CCCCO2)cc(Cl)c1OC(CCN1CC(F)C1)COc1ccc(F)cc1. The van der Waals surface area contributed by atoms with Crippen molar-refractivity contribution in [2.45, 2.75) is 49.0 Å². The molecule has 198 valence electrons. The second-order valence-electron chi connectivity index (χ2n) is 8.97. The number of alkyl halides is 1. The number of carbonyl (C=O) groups is 1. The van der Waals surface area contributed by atoms with Crippen LogP contribution in [-0.2, 0) is 9.53 Å². The molecule has 4 rings (SSSR count). The van der Waals surface area contributed by atoms with E-state index in [0.29, 0.717) is 49.7 Å². The standard InChI is InChI=1S/C26H28ClF2N3O4S/c27-23-12-22(37-31-26(33)24-3-1-2-10-34-24)11-17(13-30)25(23)36-21(8-9-32-14-19(29)15-32)16-35-20-6-4-18(28)5-7-20/h4-7,11-12,19,21,24H,1-3,8-10,14-16H2,(H,31,33). The van der Waals surface area contributed by atoms with Crippen LogP contribution >= 0.6 is 23.5 Å². The Morgan fingerprint density at radius 1 is 1.30 bits per heavy atom. The molecule has 1 amide bonds. The van der Waals surface area contributed by atoms with E-state index in [1.54, 1.807) is 12.1 Å². The van der Waals surface area contributed by atoms with E-state index in [1.165, 1.54) is 24.3 Å². The van der Waals surface area contributed by atoms with Gasteiger partial charge >= 0.3 is 0 Å². The minimum absolute atomic E-state index is 0.119. The summed E-state index contributed by atoms with van der Waals surface area (Å²) in [7, 11) is 0. The number of hydrogen-bond acceptors (Lipinski definition) is 7. The number of likely N-dealkylation sites (tertiary alicyclic amines) is 1. The first-order valence-electron chi connectivity index (χ1n) is 12.1. The lowest BCUT2D eigenvalue weighted by Gasteiger charge is -2.35. The van der Waals surface area contributed by atoms with Gasteiger partial charge < -0.3 is 14.2 Å². The van der Waals surface area contributed by atoms with Crippen molar-refractivity contribution >= 4 is 29.5 Å². The van der Waals surface area contributed by atoms with E-state index in [4.69, 9.17) is 25.8 Å². The molecule has 2 aliphatic rings. The molecule has 2 aromatic carbocycles. The van der Waals surface area contributed by atoms with Crippen molar-refractivity contribution in [1.29, 1.82) is 5.26 Å². The molecule has 2 heterocycles. The van der Waals surface area contributed by atoms with Crippen LogP contribution in [0, 0.1) is 17.1 Å². The summed E-state index contributed by atoms with van der Waals surface area (Å²) in [6.45, 7) is 2.02. The fraction of sp³-hybridized carbons (Fsp3) is 0.462. The highest BCUT2D eigenvalue weighted by atomic mass is 35.5. The quantitative estimate of drug-likeness (QED) is 0.397. The maximum absolute atomic E-state index is 13.2. The highest BCUT2D eigenvalue weighted by Gasteiger charge is 2.28. The van der Waals surface area contributed by atoms with Gasteiger partial charge in [-0.3, -0.25) is 14.4 Å². The van der Waals surface area contributed by atoms with Crippen molar-refractivity contribution in [3.8, 4) is 17.6 Å². The molecule has 0 bridgehead atoms. The molecule has 2 aromatic rings. The van der Waals surface area contributed by atoms with E-state index in [1.807, 2.05) is 4.90 Å². The molecule has 2 unspecified atom stereocenters. The number of hydrogen-bond donors (Lipinski definition) is 1. The monoisotopic (exact) mass is 551 g/mol. The van der Waals surface area contributed by atoms with Crippen LogP contribution in [0.25, 0.3) is 0 Å². The molecule has 0 spiro atoms. The molecule has 2 aliphatic heterocycles. The molecule has 11 heteroatoms. The first-order valence-corrected chi connectivity index (χ1v) is 13.3. The molecule has 2 fully saturated rings. The Morgan fingerprint density at radius 2 is 2.08 bits per heavy atom. The van der Waals surface area contributed by atoms with Crippen LogP contribution < -0.4 is 14.2 Å². The Hall–Kier alpha value is -2.58. The topological polar surface area (TPSA) is 83.8 Å². The van der Waals surface area contributed by atoms with Crippen molar-refractivity contribution in [2.24, 2.45) is 0 Å². The molecule has 7 nitrogen and oxygen atoms in total. The van der Waals surface area contributed by atoms with E-state index >= 15 is 0 Å². The fourth-order valence-electron chi connectivity index (χ4n) is 4.03. The van der Waals surface area contributed by atoms with Crippen LogP contribution in [0.1, 0.15) is 31.2 Å². The average molecular weight is 552 g/mol. The average Bonchev–Trinajstić information content (AvgIpc) is 2.89. The summed E-state index contributed by atoms with van der Waals surface area (Å²) in [5.74, 6) is 0.0812. The van der Waals surface area contributed by atoms with Gasteiger partial charge in [0.25, 0.3) is 5.91 Å². The number of ether oxygens (including phenoxy) is 3. The lowest BCUT2D eigenvalue weighted by Crippen LogP contribution is -2.49. The number of nitriles is 1. The number of benzene rings is 2. The molecule has 1 N–H and O–H groups in total. The summed E-state index contributed by atoms with van der Waals surface area (Å²) < 4.78 is 46.6. The van der Waals surface area contributed by atoms with Crippen LogP contribution in [0.4, 0.5) is 8.78 Å². The Labute approximate surface area is 224 Å². The maximum Gasteiger partial charge on any atom is 0.259 e. The normalized spacial score (nSPS) is 18.9. The number of rotatable bonds is 11. The van der Waals surface area contributed by atoms with Gasteiger partial charge in [0.15, 0.2) is 5.75 Å². The Kier molecular flexibility index (Phi) is 9.86. The summed E-state index contributed by atoms with van der Waals surface area (Å²) in [5, 5.41) is 9.98. The predicted molar refractivity (Wildman–Crippen MR) is 136 cm³/mol. The highest BCUT2D eigenvalue weighted by Crippen LogP contribution is 2.34. The number of nitrogens with one attached hydrogen (secondary N) is 1. The lowest BCUT2D eigenvalue weighted by atomic mass is 10.1. The van der Waals surface area contributed by atoms with Gasteiger partial charge in [0.2, 0.25) is 0 Å². The zero-order chi connectivity index (χ0) is 26.2. The molecule has 0 aromatic heterocycles. The van der Waals surface area contributed by atoms with E-state index in [0.717, 1.165) is 24.8 Å². The van der Waals surface area contributed by atoms with Crippen LogP contribution in [0.15, 0.2) is 41.3 Å². The Bertz CT molecular complexity index is 1110. The van der Waals surface area contributed by atoms with Crippen LogP contribution in [-0.4, -0.2) is 62.0 Å². The van der Waals surface area contributed by atoms with Gasteiger partial charge in [-0.1, -0.05) is 11.6 Å². The van der Waals surface area contributed by atoms with Crippen LogP contribution in [0.3, 0.4) is 0 Å². The first-order chi connectivity index (χ1) is 17.9. The van der Waals surface area contributed by atoms with Crippen LogP contribution in [0.5, 0.6) is 11.5 Å². The van der Waals surface area contributed by atoms with E-state index < -0.39 is 18.4 Å². The van der Waals surface area contributed by atoms with Crippen molar-refractivity contribution in [1.82, 2.24) is 9.62 Å². The van der Waals surface area contributed by atoms with Gasteiger partial charge in [0, 0.05) is 37.6 Å². The van der Waals surface area contributed by atoms with Gasteiger partial charge in [0.1, 0.15) is 42.6 Å². The van der Waals surface area contributed by atoms with Gasteiger partial charge in [-0.2, -0.15) is 5.26 Å². The zero-order valence-corrected chi connectivity index (χ0v) is 21.7. The molecule has 0 saturated carbocycles. The second kappa shape index (κ2) is 13.3. The van der Waals surface area contributed by atoms with Crippen LogP contribution in [0.2, 0.25) is 5.02 Å². The second-order valence-corrected chi connectivity index (χ2v) is 10.3. The van der Waals surface area contributed by atoms with Crippen molar-refractivity contribution in [3.05, 3.63) is 52.8 Å². The minimum Gasteiger partial charge on any atom is -0.490 e. The fourth-order valence-corrected chi connectivity index (χ4v) is 5.06. The first kappa shape index (κ1) is 27.5. The zero-order valence-electron chi connectivity index (χ0n) is 20.1. The third-order valence-corrected chi connectivity index (χ3v) is 7.15. The van der Waals surface area contributed by atoms with Crippen molar-refractivity contribution in [3.63, 3.8) is 0 Å². The third kappa shape index (κ3) is 7.95. The molecule has 0 aliphatic carbocycles. The largest absolute Gasteiger partial charge is 0.490 e. The van der Waals surface area contributed by atoms with E-state index in [-0.39, 0.29) is 34.7 Å². The third-order valence-electron chi connectivity index (χ3n) is 6.09. The summed E-state index contributed by atoms with van der Waals surface area (Å²) in [5.41, 5.74) is 0.206. The number of amides is 1. The number of carbonyl (C=O) groups excluding carboxylic acids is 1. The van der Waals surface area contributed by atoms with E-state index in [2.05, 4.69) is 10.8 Å². The number of halogens is 3. The minimum atomic E-state index is -0.815. The molecule has 2 atom stereocenters. The Morgan fingerprint density at radius 3 is 2.76 bits per heavy atom. The maximum atomic E-state index is 13.2. The van der Waals surface area contributed by atoms with Crippen molar-refractivity contribution < 1.29 is 27.8 Å². The Balaban J connectivity index is 1.41. The molecule has 37 heavy (non-hydrogen) atoms. The summed E-state index contributed by atoms with van der Waals surface area (Å²) >= 11 is 7.57. The lowest BCUT2D eigenvalue weighted by molar-refractivity contribution is -0.133. The molecular formula is C26H28ClF2N3O4S. The van der Waals surface area contributed by atoms with Gasteiger partial charge in [-0.05, 0) is 67.6 Å². The van der Waals surface area contributed by atoms with Gasteiger partial charge in [0.05, 0.1) is 10.6 Å². The summed E-state index contributed by atoms with van der Waals surface area (Å²) in [6.07, 6.45) is 1.27.